The third kappa shape index (κ3) is 4.43. The van der Waals surface area contributed by atoms with Crippen molar-refractivity contribution in [2.45, 2.75) is 39.8 Å². The highest BCUT2D eigenvalue weighted by Gasteiger charge is 2.23. The summed E-state index contributed by atoms with van der Waals surface area (Å²) < 4.78 is 0. The molecule has 1 aliphatic heterocycles. The smallest absolute Gasteiger partial charge is 0.0234 e. The molecule has 1 atom stereocenters. The molecule has 1 fully saturated rings. The number of hydrogen-bond acceptors (Lipinski definition) is 2. The summed E-state index contributed by atoms with van der Waals surface area (Å²) in [5, 5.41) is 3.65. The van der Waals surface area contributed by atoms with Gasteiger partial charge in [0.1, 0.15) is 0 Å². The van der Waals surface area contributed by atoms with Crippen molar-refractivity contribution in [1.82, 2.24) is 10.2 Å². The summed E-state index contributed by atoms with van der Waals surface area (Å²) in [6, 6.07) is 11.4. The van der Waals surface area contributed by atoms with Crippen molar-refractivity contribution in [3.8, 4) is 0 Å². The summed E-state index contributed by atoms with van der Waals surface area (Å²) in [5.41, 5.74) is 1.84. The minimum absolute atomic E-state index is 0.410. The second-order valence-corrected chi connectivity index (χ2v) is 6.64. The van der Waals surface area contributed by atoms with E-state index in [0.29, 0.717) is 11.5 Å². The Labute approximate surface area is 111 Å². The normalized spacial score (nSPS) is 22.1. The molecule has 0 aliphatic carbocycles. The van der Waals surface area contributed by atoms with E-state index in [1.54, 1.807) is 0 Å². The van der Waals surface area contributed by atoms with Gasteiger partial charge in [0.25, 0.3) is 0 Å². The Morgan fingerprint density at radius 2 is 1.94 bits per heavy atom. The summed E-state index contributed by atoms with van der Waals surface area (Å²) in [6.45, 7) is 11.5. The first-order valence-corrected chi connectivity index (χ1v) is 7.03. The second kappa shape index (κ2) is 5.85. The van der Waals surface area contributed by atoms with Crippen LogP contribution in [-0.4, -0.2) is 30.6 Å². The largest absolute Gasteiger partial charge is 0.311 e. The first-order valence-electron chi connectivity index (χ1n) is 7.03. The van der Waals surface area contributed by atoms with Crippen LogP contribution in [0, 0.1) is 5.41 Å². The number of nitrogens with one attached hydrogen (secondary N) is 1. The van der Waals surface area contributed by atoms with Gasteiger partial charge < -0.3 is 5.32 Å². The van der Waals surface area contributed by atoms with Crippen LogP contribution in [0.15, 0.2) is 30.3 Å². The Morgan fingerprint density at radius 3 is 2.61 bits per heavy atom. The molecule has 2 heteroatoms. The molecule has 2 nitrogen and oxygen atoms in total. The van der Waals surface area contributed by atoms with E-state index in [0.717, 1.165) is 19.6 Å². The fourth-order valence-corrected chi connectivity index (χ4v) is 2.76. The van der Waals surface area contributed by atoms with Crippen molar-refractivity contribution >= 4 is 0 Å². The molecular weight excluding hydrogens is 220 g/mol. The first-order chi connectivity index (χ1) is 8.53. The van der Waals surface area contributed by atoms with Gasteiger partial charge in [-0.3, -0.25) is 4.90 Å². The minimum atomic E-state index is 0.410. The van der Waals surface area contributed by atoms with Gasteiger partial charge in [-0.05, 0) is 17.4 Å². The monoisotopic (exact) mass is 246 g/mol. The van der Waals surface area contributed by atoms with Crippen LogP contribution in [0.5, 0.6) is 0 Å². The highest BCUT2D eigenvalue weighted by Crippen LogP contribution is 2.22. The molecular formula is C16H26N2. The maximum Gasteiger partial charge on any atom is 0.0234 e. The predicted octanol–water partition coefficient (Wildman–Crippen LogP) is 2.90. The number of hydrogen-bond donors (Lipinski definition) is 1. The summed E-state index contributed by atoms with van der Waals surface area (Å²) in [6.07, 6.45) is 1.25. The molecule has 0 unspecified atom stereocenters. The average Bonchev–Trinajstić information content (AvgIpc) is 2.28. The third-order valence-corrected chi connectivity index (χ3v) is 3.45. The summed E-state index contributed by atoms with van der Waals surface area (Å²) in [7, 11) is 0. The second-order valence-electron chi connectivity index (χ2n) is 6.64. The fraction of sp³-hybridized carbons (Fsp3) is 0.625. The van der Waals surface area contributed by atoms with Crippen LogP contribution in [0.3, 0.4) is 0 Å². The molecule has 0 amide bonds. The molecule has 1 N–H and O–H groups in total. The molecule has 0 aromatic heterocycles. The van der Waals surface area contributed by atoms with Crippen LogP contribution < -0.4 is 5.32 Å². The molecule has 0 saturated carbocycles. The van der Waals surface area contributed by atoms with Gasteiger partial charge in [0.15, 0.2) is 0 Å². The van der Waals surface area contributed by atoms with Crippen molar-refractivity contribution in [3.63, 3.8) is 0 Å². The zero-order valence-electron chi connectivity index (χ0n) is 11.9. The minimum Gasteiger partial charge on any atom is -0.311 e. The zero-order valence-corrected chi connectivity index (χ0v) is 11.9. The van der Waals surface area contributed by atoms with Gasteiger partial charge in [-0.1, -0.05) is 51.1 Å². The van der Waals surface area contributed by atoms with Crippen LogP contribution in [0.1, 0.15) is 32.8 Å². The molecule has 1 saturated heterocycles. The van der Waals surface area contributed by atoms with E-state index >= 15 is 0 Å². The molecule has 1 heterocycles. The van der Waals surface area contributed by atoms with Gasteiger partial charge in [-0.25, -0.2) is 0 Å². The van der Waals surface area contributed by atoms with Gasteiger partial charge >= 0.3 is 0 Å². The molecule has 1 aromatic rings. The molecule has 18 heavy (non-hydrogen) atoms. The lowest BCUT2D eigenvalue weighted by Crippen LogP contribution is -2.51. The molecule has 2 rings (SSSR count). The van der Waals surface area contributed by atoms with Gasteiger partial charge in [0, 0.05) is 32.2 Å². The van der Waals surface area contributed by atoms with Gasteiger partial charge in [0.2, 0.25) is 0 Å². The first kappa shape index (κ1) is 13.6. The zero-order chi connectivity index (χ0) is 13.0. The topological polar surface area (TPSA) is 15.3 Å². The van der Waals surface area contributed by atoms with Crippen molar-refractivity contribution in [2.24, 2.45) is 5.41 Å². The fourth-order valence-electron chi connectivity index (χ4n) is 2.76. The maximum atomic E-state index is 3.65. The molecule has 100 valence electrons. The highest BCUT2D eigenvalue weighted by molar-refractivity contribution is 5.14. The third-order valence-electron chi connectivity index (χ3n) is 3.45. The quantitative estimate of drug-likeness (QED) is 0.882. The molecule has 0 spiro atoms. The number of nitrogens with zero attached hydrogens (tertiary/aromatic N) is 1. The predicted molar refractivity (Wildman–Crippen MR) is 77.6 cm³/mol. The summed E-state index contributed by atoms with van der Waals surface area (Å²) >= 11 is 0. The number of benzene rings is 1. The van der Waals surface area contributed by atoms with E-state index in [4.69, 9.17) is 0 Å². The molecule has 1 aromatic carbocycles. The van der Waals surface area contributed by atoms with Gasteiger partial charge in [0.05, 0.1) is 0 Å². The van der Waals surface area contributed by atoms with Crippen LogP contribution in [-0.2, 0) is 6.54 Å². The van der Waals surface area contributed by atoms with E-state index in [1.165, 1.54) is 18.5 Å². The molecule has 1 aliphatic rings. The highest BCUT2D eigenvalue weighted by atomic mass is 15.2. The van der Waals surface area contributed by atoms with Gasteiger partial charge in [-0.2, -0.15) is 0 Å². The summed E-state index contributed by atoms with van der Waals surface area (Å²) in [4.78, 5) is 2.57. The summed E-state index contributed by atoms with van der Waals surface area (Å²) in [5.74, 6) is 0. The average molecular weight is 246 g/mol. The lowest BCUT2D eigenvalue weighted by molar-refractivity contribution is 0.163. The Kier molecular flexibility index (Phi) is 4.41. The van der Waals surface area contributed by atoms with E-state index in [-0.39, 0.29) is 0 Å². The lowest BCUT2D eigenvalue weighted by atomic mass is 9.87. The molecule has 0 radical (unpaired) electrons. The van der Waals surface area contributed by atoms with Crippen molar-refractivity contribution in [2.75, 3.05) is 19.6 Å². The Morgan fingerprint density at radius 1 is 1.22 bits per heavy atom. The Hall–Kier alpha value is -0.860. The number of piperazine rings is 1. The van der Waals surface area contributed by atoms with Crippen LogP contribution in [0.4, 0.5) is 0 Å². The van der Waals surface area contributed by atoms with E-state index in [1.807, 2.05) is 0 Å². The van der Waals surface area contributed by atoms with E-state index in [2.05, 4.69) is 61.3 Å². The lowest BCUT2D eigenvalue weighted by Gasteiger charge is -2.36. The van der Waals surface area contributed by atoms with Crippen LogP contribution >= 0.6 is 0 Å². The standard InChI is InChI=1S/C16H26N2/c1-16(2,3)11-15-13-18(10-9-17-15)12-14-7-5-4-6-8-14/h4-8,15,17H,9-13H2,1-3H3/t15-/m1/s1. The SMILES string of the molecule is CC(C)(C)C[C@@H]1CN(Cc2ccccc2)CCN1. The van der Waals surface area contributed by atoms with Gasteiger partial charge in [-0.15, -0.1) is 0 Å². The molecule has 0 bridgehead atoms. The van der Waals surface area contributed by atoms with Crippen LogP contribution in [0.2, 0.25) is 0 Å². The van der Waals surface area contributed by atoms with E-state index < -0.39 is 0 Å². The van der Waals surface area contributed by atoms with Crippen LogP contribution in [0.25, 0.3) is 0 Å². The number of rotatable bonds is 3. The van der Waals surface area contributed by atoms with Crippen molar-refractivity contribution in [3.05, 3.63) is 35.9 Å². The maximum absolute atomic E-state index is 3.65. The van der Waals surface area contributed by atoms with Crippen molar-refractivity contribution < 1.29 is 0 Å². The van der Waals surface area contributed by atoms with E-state index in [9.17, 15) is 0 Å². The Bertz CT molecular complexity index is 353. The Balaban J connectivity index is 1.87. The van der Waals surface area contributed by atoms with Crippen molar-refractivity contribution in [1.29, 1.82) is 0 Å².